The highest BCUT2D eigenvalue weighted by molar-refractivity contribution is 5.83. The van der Waals surface area contributed by atoms with E-state index in [0.29, 0.717) is 6.42 Å². The maximum atomic E-state index is 11.8. The van der Waals surface area contributed by atoms with Gasteiger partial charge in [-0.1, -0.05) is 37.3 Å². The molecule has 2 atom stereocenters. The van der Waals surface area contributed by atoms with Crippen molar-refractivity contribution in [2.45, 2.75) is 32.2 Å². The van der Waals surface area contributed by atoms with Crippen molar-refractivity contribution >= 4 is 11.9 Å². The average Bonchev–Trinajstić information content (AvgIpc) is 2.43. The van der Waals surface area contributed by atoms with Crippen molar-refractivity contribution in [3.63, 3.8) is 0 Å². The minimum atomic E-state index is -1.11. The maximum absolute atomic E-state index is 11.8. The molecule has 20 heavy (non-hydrogen) atoms. The molecular weight excluding hydrogens is 256 g/mol. The van der Waals surface area contributed by atoms with Crippen LogP contribution in [0.1, 0.15) is 25.3 Å². The number of nitrogens with one attached hydrogen (secondary N) is 1. The topological polar surface area (TPSA) is 90.2 Å². The van der Waals surface area contributed by atoms with E-state index in [1.807, 2.05) is 36.4 Å². The summed E-state index contributed by atoms with van der Waals surface area (Å²) in [7, 11) is 0. The lowest BCUT2D eigenvalue weighted by Gasteiger charge is -2.19. The maximum Gasteiger partial charge on any atom is 0.326 e. The fraction of sp³-hybridized carbons (Fsp3) is 0.400. The predicted octanol–water partition coefficient (Wildman–Crippen LogP) is 1.74. The Labute approximate surface area is 118 Å². The first-order chi connectivity index (χ1) is 9.54. The molecule has 106 valence electrons. The Morgan fingerprint density at radius 3 is 2.55 bits per heavy atom. The van der Waals surface area contributed by atoms with Gasteiger partial charge in [0.15, 0.2) is 0 Å². The van der Waals surface area contributed by atoms with Crippen molar-refractivity contribution in [3.05, 3.63) is 35.9 Å². The van der Waals surface area contributed by atoms with E-state index >= 15 is 0 Å². The number of rotatable bonds is 7. The number of nitriles is 1. The van der Waals surface area contributed by atoms with Crippen molar-refractivity contribution in [2.75, 3.05) is 0 Å². The third-order valence-electron chi connectivity index (χ3n) is 3.05. The number of aryl methyl sites for hydroxylation is 1. The van der Waals surface area contributed by atoms with Gasteiger partial charge in [-0.05, 0) is 12.0 Å². The summed E-state index contributed by atoms with van der Waals surface area (Å²) in [6.07, 6.45) is 0.884. The Balaban J connectivity index is 2.50. The van der Waals surface area contributed by atoms with Crippen LogP contribution >= 0.6 is 0 Å². The average molecular weight is 274 g/mol. The smallest absolute Gasteiger partial charge is 0.326 e. The number of carbonyl (C=O) groups is 2. The van der Waals surface area contributed by atoms with Gasteiger partial charge in [0.25, 0.3) is 0 Å². The molecule has 0 aliphatic carbocycles. The number of hydrogen-bond donors (Lipinski definition) is 2. The first-order valence-corrected chi connectivity index (χ1v) is 6.47. The molecule has 1 aromatic rings. The van der Waals surface area contributed by atoms with Gasteiger partial charge in [-0.25, -0.2) is 4.79 Å². The molecule has 0 fully saturated rings. The summed E-state index contributed by atoms with van der Waals surface area (Å²) in [6.45, 7) is 1.64. The van der Waals surface area contributed by atoms with E-state index in [1.165, 1.54) is 0 Å². The Morgan fingerprint density at radius 2 is 2.00 bits per heavy atom. The monoisotopic (exact) mass is 274 g/mol. The molecule has 0 aliphatic rings. The standard InChI is InChI=1S/C15H18N2O3/c1-11(9-10-16)14(15(19)20)17-13(18)8-7-12-5-3-2-4-6-12/h2-6,11,14H,7-9H2,1H3,(H,17,18)(H,19,20)/t11-,14-/m1/s1. The van der Waals surface area contributed by atoms with Gasteiger partial charge in [0.2, 0.25) is 5.91 Å². The molecule has 5 nitrogen and oxygen atoms in total. The van der Waals surface area contributed by atoms with E-state index in [1.54, 1.807) is 6.92 Å². The van der Waals surface area contributed by atoms with Crippen LogP contribution in [0.5, 0.6) is 0 Å². The molecule has 5 heteroatoms. The molecule has 0 heterocycles. The van der Waals surface area contributed by atoms with Gasteiger partial charge < -0.3 is 10.4 Å². The number of nitrogens with zero attached hydrogens (tertiary/aromatic N) is 1. The summed E-state index contributed by atoms with van der Waals surface area (Å²) < 4.78 is 0. The van der Waals surface area contributed by atoms with Crippen LogP contribution in [0.25, 0.3) is 0 Å². The van der Waals surface area contributed by atoms with E-state index in [4.69, 9.17) is 10.4 Å². The van der Waals surface area contributed by atoms with E-state index < -0.39 is 17.9 Å². The van der Waals surface area contributed by atoms with Crippen molar-refractivity contribution in [2.24, 2.45) is 5.92 Å². The van der Waals surface area contributed by atoms with Crippen LogP contribution in [0.4, 0.5) is 0 Å². The van der Waals surface area contributed by atoms with Crippen molar-refractivity contribution in [1.29, 1.82) is 5.26 Å². The number of carbonyl (C=O) groups excluding carboxylic acids is 1. The molecule has 0 spiro atoms. The SMILES string of the molecule is C[C@H](CC#N)[C@@H](NC(=O)CCc1ccccc1)C(=O)O. The second-order valence-electron chi connectivity index (χ2n) is 4.71. The highest BCUT2D eigenvalue weighted by atomic mass is 16.4. The van der Waals surface area contributed by atoms with Crippen LogP contribution in [0.15, 0.2) is 30.3 Å². The van der Waals surface area contributed by atoms with Crippen molar-refractivity contribution in [1.82, 2.24) is 5.32 Å². The minimum Gasteiger partial charge on any atom is -0.480 e. The summed E-state index contributed by atoms with van der Waals surface area (Å²) in [5, 5.41) is 20.2. The summed E-state index contributed by atoms with van der Waals surface area (Å²) in [5.74, 6) is -1.84. The molecule has 0 bridgehead atoms. The molecule has 0 aliphatic heterocycles. The zero-order valence-electron chi connectivity index (χ0n) is 11.4. The van der Waals surface area contributed by atoms with Crippen LogP contribution in [-0.2, 0) is 16.0 Å². The van der Waals surface area contributed by atoms with Gasteiger partial charge in [0.1, 0.15) is 6.04 Å². The number of amides is 1. The second-order valence-corrected chi connectivity index (χ2v) is 4.71. The second kappa shape index (κ2) is 7.95. The zero-order valence-corrected chi connectivity index (χ0v) is 11.4. The molecule has 1 rings (SSSR count). The zero-order chi connectivity index (χ0) is 15.0. The van der Waals surface area contributed by atoms with E-state index in [0.717, 1.165) is 5.56 Å². The Morgan fingerprint density at radius 1 is 1.35 bits per heavy atom. The fourth-order valence-electron chi connectivity index (χ4n) is 1.86. The Hall–Kier alpha value is -2.35. The summed E-state index contributed by atoms with van der Waals surface area (Å²) >= 11 is 0. The molecule has 0 radical (unpaired) electrons. The van der Waals surface area contributed by atoms with Gasteiger partial charge in [0, 0.05) is 18.8 Å². The van der Waals surface area contributed by atoms with Crippen LogP contribution < -0.4 is 5.32 Å². The highest BCUT2D eigenvalue weighted by Crippen LogP contribution is 2.09. The summed E-state index contributed by atoms with van der Waals surface area (Å²) in [5.41, 5.74) is 1.03. The largest absolute Gasteiger partial charge is 0.480 e. The number of hydrogen-bond acceptors (Lipinski definition) is 3. The van der Waals surface area contributed by atoms with Gasteiger partial charge in [-0.2, -0.15) is 5.26 Å². The molecule has 0 saturated heterocycles. The molecule has 1 amide bonds. The van der Waals surface area contributed by atoms with Crippen LogP contribution in [0, 0.1) is 17.2 Å². The lowest BCUT2D eigenvalue weighted by atomic mass is 9.98. The van der Waals surface area contributed by atoms with Gasteiger partial charge in [-0.15, -0.1) is 0 Å². The number of carboxylic acid groups (broad SMARTS) is 1. The Kier molecular flexibility index (Phi) is 6.24. The van der Waals surface area contributed by atoms with Gasteiger partial charge in [0.05, 0.1) is 6.07 Å². The van der Waals surface area contributed by atoms with E-state index in [-0.39, 0.29) is 18.7 Å². The van der Waals surface area contributed by atoms with Gasteiger partial charge >= 0.3 is 5.97 Å². The molecule has 0 saturated carbocycles. The van der Waals surface area contributed by atoms with Gasteiger partial charge in [-0.3, -0.25) is 4.79 Å². The number of carboxylic acids is 1. The quantitative estimate of drug-likeness (QED) is 0.792. The van der Waals surface area contributed by atoms with E-state index in [9.17, 15) is 9.59 Å². The van der Waals surface area contributed by atoms with Crippen LogP contribution in [-0.4, -0.2) is 23.0 Å². The number of aliphatic carboxylic acids is 1. The van der Waals surface area contributed by atoms with Crippen molar-refractivity contribution in [3.8, 4) is 6.07 Å². The van der Waals surface area contributed by atoms with E-state index in [2.05, 4.69) is 5.32 Å². The molecule has 2 N–H and O–H groups in total. The first-order valence-electron chi connectivity index (χ1n) is 6.47. The lowest BCUT2D eigenvalue weighted by molar-refractivity contribution is -0.143. The molecule has 1 aromatic carbocycles. The van der Waals surface area contributed by atoms with Crippen LogP contribution in [0.2, 0.25) is 0 Å². The highest BCUT2D eigenvalue weighted by Gasteiger charge is 2.26. The predicted molar refractivity (Wildman–Crippen MR) is 73.7 cm³/mol. The molecule has 0 unspecified atom stereocenters. The minimum absolute atomic E-state index is 0.0932. The first kappa shape index (κ1) is 15.7. The fourth-order valence-corrected chi connectivity index (χ4v) is 1.86. The molecular formula is C15H18N2O3. The van der Waals surface area contributed by atoms with Crippen molar-refractivity contribution < 1.29 is 14.7 Å². The Bertz CT molecular complexity index is 494. The normalized spacial score (nSPS) is 13.0. The molecule has 0 aromatic heterocycles. The third kappa shape index (κ3) is 5.11. The summed E-state index contributed by atoms with van der Waals surface area (Å²) in [6, 6.07) is 10.4. The lowest BCUT2D eigenvalue weighted by Crippen LogP contribution is -2.45. The third-order valence-corrected chi connectivity index (χ3v) is 3.05. The number of benzene rings is 1. The van der Waals surface area contributed by atoms with Crippen LogP contribution in [0.3, 0.4) is 0 Å². The summed E-state index contributed by atoms with van der Waals surface area (Å²) in [4.78, 5) is 22.9.